The van der Waals surface area contributed by atoms with Gasteiger partial charge in [-0.25, -0.2) is 0 Å². The van der Waals surface area contributed by atoms with Crippen molar-refractivity contribution >= 4 is 15.9 Å². The molecule has 1 heteroatoms. The van der Waals surface area contributed by atoms with Gasteiger partial charge in [-0.1, -0.05) is 101 Å². The van der Waals surface area contributed by atoms with Gasteiger partial charge in [0.1, 0.15) is 0 Å². The Bertz CT molecular complexity index is 1170. The van der Waals surface area contributed by atoms with Crippen LogP contribution in [0.25, 0.3) is 11.1 Å². The lowest BCUT2D eigenvalue weighted by atomic mass is 9.61. The van der Waals surface area contributed by atoms with Crippen LogP contribution in [0, 0.1) is 0 Å². The second-order valence-electron chi connectivity index (χ2n) is 7.45. The van der Waals surface area contributed by atoms with Gasteiger partial charge in [0.15, 0.2) is 0 Å². The topological polar surface area (TPSA) is 0 Å². The zero-order valence-electron chi connectivity index (χ0n) is 14.7. The molecule has 0 atom stereocenters. The maximum atomic E-state index is 3.92. The molecule has 0 bridgehead atoms. The lowest BCUT2D eigenvalue weighted by molar-refractivity contribution is 0.719. The summed E-state index contributed by atoms with van der Waals surface area (Å²) in [7, 11) is 0. The molecule has 0 fully saturated rings. The fraction of sp³-hybridized carbons (Fsp3) is 0.0769. The summed E-state index contributed by atoms with van der Waals surface area (Å²) in [6, 6.07) is 33.5. The lowest BCUT2D eigenvalue weighted by Gasteiger charge is -2.40. The highest BCUT2D eigenvalue weighted by atomic mass is 79.9. The molecule has 4 aromatic carbocycles. The number of hydrogen-bond acceptors (Lipinski definition) is 0. The summed E-state index contributed by atoms with van der Waals surface area (Å²) in [6.45, 7) is 0. The van der Waals surface area contributed by atoms with Crippen LogP contribution < -0.4 is 0 Å². The second-order valence-corrected chi connectivity index (χ2v) is 8.30. The second kappa shape index (κ2) is 5.43. The normalized spacial score (nSPS) is 15.0. The predicted octanol–water partition coefficient (Wildman–Crippen LogP) is 6.72. The van der Waals surface area contributed by atoms with Crippen molar-refractivity contribution in [3.63, 3.8) is 0 Å². The Hall–Kier alpha value is -2.64. The van der Waals surface area contributed by atoms with Crippen LogP contribution in [-0.4, -0.2) is 0 Å². The Labute approximate surface area is 167 Å². The molecule has 4 aromatic rings. The average molecular weight is 409 g/mol. The van der Waals surface area contributed by atoms with Gasteiger partial charge in [0, 0.05) is 4.47 Å². The molecule has 128 valence electrons. The number of halogens is 1. The molecule has 0 nitrogen and oxygen atoms in total. The number of rotatable bonds is 0. The van der Waals surface area contributed by atoms with Crippen LogP contribution in [0.5, 0.6) is 0 Å². The van der Waals surface area contributed by atoms with E-state index in [1.54, 1.807) is 0 Å². The SMILES string of the molecule is Brc1cccc2c1C1(c3ccccc3Cc3ccccc31)c1ccccc1-2. The highest BCUT2D eigenvalue weighted by Crippen LogP contribution is 2.60. The van der Waals surface area contributed by atoms with Crippen LogP contribution >= 0.6 is 15.9 Å². The van der Waals surface area contributed by atoms with E-state index < -0.39 is 0 Å². The number of hydrogen-bond donors (Lipinski definition) is 0. The van der Waals surface area contributed by atoms with E-state index in [2.05, 4.69) is 107 Å². The Balaban J connectivity index is 1.89. The Kier molecular flexibility index (Phi) is 3.10. The predicted molar refractivity (Wildman–Crippen MR) is 114 cm³/mol. The molecule has 1 spiro atoms. The van der Waals surface area contributed by atoms with Crippen molar-refractivity contribution in [1.82, 2.24) is 0 Å². The minimum Gasteiger partial charge on any atom is -0.0620 e. The lowest BCUT2D eigenvalue weighted by Crippen LogP contribution is -2.34. The molecule has 0 unspecified atom stereocenters. The molecular weight excluding hydrogens is 392 g/mol. The monoisotopic (exact) mass is 408 g/mol. The molecule has 27 heavy (non-hydrogen) atoms. The van der Waals surface area contributed by atoms with E-state index in [0.29, 0.717) is 0 Å². The van der Waals surface area contributed by atoms with Gasteiger partial charge < -0.3 is 0 Å². The molecule has 6 rings (SSSR count). The van der Waals surface area contributed by atoms with Crippen LogP contribution in [0.3, 0.4) is 0 Å². The van der Waals surface area contributed by atoms with Crippen molar-refractivity contribution in [1.29, 1.82) is 0 Å². The zero-order valence-corrected chi connectivity index (χ0v) is 16.3. The van der Waals surface area contributed by atoms with Gasteiger partial charge in [-0.3, -0.25) is 0 Å². The third-order valence-electron chi connectivity index (χ3n) is 6.23. The summed E-state index contributed by atoms with van der Waals surface area (Å²) in [6.07, 6.45) is 0.996. The van der Waals surface area contributed by atoms with Gasteiger partial charge in [-0.05, 0) is 57.0 Å². The molecule has 0 heterocycles. The summed E-state index contributed by atoms with van der Waals surface area (Å²) < 4.78 is 1.18. The van der Waals surface area contributed by atoms with Crippen LogP contribution in [0.1, 0.15) is 33.4 Å². The highest BCUT2D eigenvalue weighted by Gasteiger charge is 2.50. The largest absolute Gasteiger partial charge is 0.0730 e. The van der Waals surface area contributed by atoms with Crippen molar-refractivity contribution < 1.29 is 0 Å². The van der Waals surface area contributed by atoms with Crippen LogP contribution in [0.15, 0.2) is 95.5 Å². The van der Waals surface area contributed by atoms with E-state index in [0.717, 1.165) is 6.42 Å². The number of fused-ring (bicyclic) bond motifs is 9. The fourth-order valence-electron chi connectivity index (χ4n) is 5.30. The summed E-state index contributed by atoms with van der Waals surface area (Å²) in [4.78, 5) is 0. The van der Waals surface area contributed by atoms with E-state index in [-0.39, 0.29) is 5.41 Å². The van der Waals surface area contributed by atoms with Crippen molar-refractivity contribution in [2.75, 3.05) is 0 Å². The van der Waals surface area contributed by atoms with Crippen LogP contribution in [0.4, 0.5) is 0 Å². The van der Waals surface area contributed by atoms with Crippen molar-refractivity contribution in [3.8, 4) is 11.1 Å². The highest BCUT2D eigenvalue weighted by molar-refractivity contribution is 9.10. The first-order valence-electron chi connectivity index (χ1n) is 9.37. The van der Waals surface area contributed by atoms with Gasteiger partial charge in [0.05, 0.1) is 5.41 Å². The Morgan fingerprint density at radius 2 is 1.11 bits per heavy atom. The van der Waals surface area contributed by atoms with Crippen molar-refractivity contribution in [2.45, 2.75) is 11.8 Å². The molecule has 2 aliphatic rings. The first kappa shape index (κ1) is 15.4. The first-order valence-corrected chi connectivity index (χ1v) is 10.2. The molecule has 0 amide bonds. The van der Waals surface area contributed by atoms with Gasteiger partial charge in [0.2, 0.25) is 0 Å². The van der Waals surface area contributed by atoms with Crippen LogP contribution in [0.2, 0.25) is 0 Å². The van der Waals surface area contributed by atoms with Gasteiger partial charge in [-0.2, -0.15) is 0 Å². The summed E-state index contributed by atoms with van der Waals surface area (Å²) in [5.74, 6) is 0. The summed E-state index contributed by atoms with van der Waals surface area (Å²) >= 11 is 3.92. The maximum absolute atomic E-state index is 3.92. The van der Waals surface area contributed by atoms with E-state index in [9.17, 15) is 0 Å². The summed E-state index contributed by atoms with van der Waals surface area (Å²) in [5.41, 5.74) is 10.9. The Morgan fingerprint density at radius 3 is 1.81 bits per heavy atom. The van der Waals surface area contributed by atoms with E-state index in [1.165, 1.54) is 49.0 Å². The van der Waals surface area contributed by atoms with Crippen molar-refractivity contribution in [2.24, 2.45) is 0 Å². The molecule has 0 aliphatic heterocycles. The molecule has 0 saturated carbocycles. The standard InChI is InChI=1S/C26H17Br/c27-24-15-7-11-20-19-10-3-6-14-23(19)26(25(20)24)21-12-4-1-8-17(21)16-18-9-2-5-13-22(18)26/h1-15H,16H2. The molecule has 0 aromatic heterocycles. The first-order chi connectivity index (χ1) is 13.3. The van der Waals surface area contributed by atoms with Gasteiger partial charge in [-0.15, -0.1) is 0 Å². The van der Waals surface area contributed by atoms with E-state index in [4.69, 9.17) is 0 Å². The summed E-state index contributed by atoms with van der Waals surface area (Å²) in [5, 5.41) is 0. The molecule has 2 aliphatic carbocycles. The van der Waals surface area contributed by atoms with Crippen LogP contribution in [-0.2, 0) is 11.8 Å². The van der Waals surface area contributed by atoms with Crippen molar-refractivity contribution in [3.05, 3.63) is 129 Å². The Morgan fingerprint density at radius 1 is 0.556 bits per heavy atom. The average Bonchev–Trinajstić information content (AvgIpc) is 3.01. The quantitative estimate of drug-likeness (QED) is 0.261. The minimum absolute atomic E-state index is 0.253. The third-order valence-corrected chi connectivity index (χ3v) is 6.89. The van der Waals surface area contributed by atoms with E-state index >= 15 is 0 Å². The fourth-order valence-corrected chi connectivity index (χ4v) is 5.96. The smallest absolute Gasteiger partial charge is 0.0620 e. The molecule has 0 saturated heterocycles. The zero-order chi connectivity index (χ0) is 18.0. The van der Waals surface area contributed by atoms with Gasteiger partial charge >= 0.3 is 0 Å². The minimum atomic E-state index is -0.253. The number of benzene rings is 4. The molecular formula is C26H17Br. The van der Waals surface area contributed by atoms with E-state index in [1.807, 2.05) is 0 Å². The van der Waals surface area contributed by atoms with Gasteiger partial charge in [0.25, 0.3) is 0 Å². The third kappa shape index (κ3) is 1.83. The maximum Gasteiger partial charge on any atom is 0.0730 e. The molecule has 0 radical (unpaired) electrons. The molecule has 0 N–H and O–H groups in total.